The van der Waals surface area contributed by atoms with Crippen molar-refractivity contribution in [1.29, 1.82) is 0 Å². The van der Waals surface area contributed by atoms with Gasteiger partial charge in [0.2, 0.25) is 0 Å². The van der Waals surface area contributed by atoms with Gasteiger partial charge in [0, 0.05) is 24.7 Å². The Bertz CT molecular complexity index is 446. The van der Waals surface area contributed by atoms with Crippen LogP contribution < -0.4 is 5.73 Å². The van der Waals surface area contributed by atoms with Gasteiger partial charge in [0.05, 0.1) is 0 Å². The normalized spacial score (nSPS) is 28.0. The van der Waals surface area contributed by atoms with Crippen LogP contribution in [0.3, 0.4) is 0 Å². The van der Waals surface area contributed by atoms with Crippen LogP contribution in [-0.2, 0) is 6.54 Å². The minimum absolute atomic E-state index is 0.147. The molecule has 1 aliphatic rings. The molecule has 0 aromatic heterocycles. The van der Waals surface area contributed by atoms with E-state index >= 15 is 0 Å². The lowest BCUT2D eigenvalue weighted by atomic mass is 9.82. The fourth-order valence-corrected chi connectivity index (χ4v) is 3.31. The second kappa shape index (κ2) is 6.25. The van der Waals surface area contributed by atoms with Gasteiger partial charge in [-0.3, -0.25) is 4.90 Å². The van der Waals surface area contributed by atoms with Gasteiger partial charge in [-0.05, 0) is 58.5 Å². The molecule has 3 nitrogen and oxygen atoms in total. The maximum absolute atomic E-state index is 6.18. The molecule has 20 heavy (non-hydrogen) atoms. The SMILES string of the molecule is Cc1ccccc1CN(C)C1(CN)CCN(C)C(C)C1. The van der Waals surface area contributed by atoms with Gasteiger partial charge in [-0.2, -0.15) is 0 Å². The fraction of sp³-hybridized carbons (Fsp3) is 0.647. The summed E-state index contributed by atoms with van der Waals surface area (Å²) >= 11 is 0. The molecule has 2 rings (SSSR count). The van der Waals surface area contributed by atoms with Gasteiger partial charge < -0.3 is 10.6 Å². The van der Waals surface area contributed by atoms with E-state index < -0.39 is 0 Å². The third-order valence-electron chi connectivity index (χ3n) is 5.22. The molecule has 0 radical (unpaired) electrons. The Hall–Kier alpha value is -0.900. The zero-order valence-electron chi connectivity index (χ0n) is 13.4. The molecule has 1 heterocycles. The highest BCUT2D eigenvalue weighted by molar-refractivity contribution is 5.25. The molecular formula is C17H29N3. The highest BCUT2D eigenvalue weighted by Gasteiger charge is 2.39. The maximum Gasteiger partial charge on any atom is 0.0359 e. The van der Waals surface area contributed by atoms with Gasteiger partial charge in [0.15, 0.2) is 0 Å². The molecule has 1 saturated heterocycles. The maximum atomic E-state index is 6.18. The number of hydrogen-bond donors (Lipinski definition) is 1. The van der Waals surface area contributed by atoms with Crippen LogP contribution in [-0.4, -0.2) is 48.6 Å². The first-order chi connectivity index (χ1) is 9.48. The van der Waals surface area contributed by atoms with Crippen molar-refractivity contribution in [1.82, 2.24) is 9.80 Å². The number of benzene rings is 1. The Morgan fingerprint density at radius 1 is 1.40 bits per heavy atom. The number of likely N-dealkylation sites (N-methyl/N-ethyl adjacent to an activating group) is 1. The minimum Gasteiger partial charge on any atom is -0.329 e. The third-order valence-corrected chi connectivity index (χ3v) is 5.22. The van der Waals surface area contributed by atoms with Crippen LogP contribution in [0.1, 0.15) is 30.9 Å². The topological polar surface area (TPSA) is 32.5 Å². The first-order valence-corrected chi connectivity index (χ1v) is 7.64. The van der Waals surface area contributed by atoms with Gasteiger partial charge in [-0.1, -0.05) is 24.3 Å². The summed E-state index contributed by atoms with van der Waals surface area (Å²) in [5, 5.41) is 0. The van der Waals surface area contributed by atoms with Crippen LogP contribution in [0.2, 0.25) is 0 Å². The predicted molar refractivity (Wildman–Crippen MR) is 85.8 cm³/mol. The van der Waals surface area contributed by atoms with Crippen molar-refractivity contribution in [3.05, 3.63) is 35.4 Å². The molecule has 0 spiro atoms. The molecular weight excluding hydrogens is 246 g/mol. The lowest BCUT2D eigenvalue weighted by Crippen LogP contribution is -2.59. The van der Waals surface area contributed by atoms with E-state index in [1.54, 1.807) is 0 Å². The van der Waals surface area contributed by atoms with Gasteiger partial charge in [0.25, 0.3) is 0 Å². The molecule has 2 atom stereocenters. The summed E-state index contributed by atoms with van der Waals surface area (Å²) in [6.45, 7) is 7.37. The van der Waals surface area contributed by atoms with Crippen LogP contribution in [0.5, 0.6) is 0 Å². The van der Waals surface area contributed by atoms with Gasteiger partial charge in [0.1, 0.15) is 0 Å². The van der Waals surface area contributed by atoms with Gasteiger partial charge >= 0.3 is 0 Å². The van der Waals surface area contributed by atoms with Crippen molar-refractivity contribution in [2.45, 2.75) is 44.8 Å². The van der Waals surface area contributed by atoms with Crippen molar-refractivity contribution in [2.75, 3.05) is 27.2 Å². The van der Waals surface area contributed by atoms with Gasteiger partial charge in [-0.15, -0.1) is 0 Å². The van der Waals surface area contributed by atoms with Gasteiger partial charge in [-0.25, -0.2) is 0 Å². The van der Waals surface area contributed by atoms with Crippen molar-refractivity contribution >= 4 is 0 Å². The highest BCUT2D eigenvalue weighted by atomic mass is 15.2. The molecule has 112 valence electrons. The Morgan fingerprint density at radius 3 is 2.70 bits per heavy atom. The molecule has 1 aromatic carbocycles. The molecule has 0 saturated carbocycles. The highest BCUT2D eigenvalue weighted by Crippen LogP contribution is 2.31. The summed E-state index contributed by atoms with van der Waals surface area (Å²) in [6.07, 6.45) is 2.31. The van der Waals surface area contributed by atoms with Crippen LogP contribution in [0.25, 0.3) is 0 Å². The summed E-state index contributed by atoms with van der Waals surface area (Å²) < 4.78 is 0. The number of likely N-dealkylation sites (tertiary alicyclic amines) is 1. The van der Waals surface area contributed by atoms with Crippen LogP contribution in [0.15, 0.2) is 24.3 Å². The molecule has 1 fully saturated rings. The first-order valence-electron chi connectivity index (χ1n) is 7.64. The number of nitrogens with two attached hydrogens (primary N) is 1. The predicted octanol–water partition coefficient (Wildman–Crippen LogP) is 2.24. The molecule has 1 aliphatic heterocycles. The molecule has 1 aromatic rings. The lowest BCUT2D eigenvalue weighted by molar-refractivity contribution is 0.0221. The van der Waals surface area contributed by atoms with E-state index in [-0.39, 0.29) is 5.54 Å². The minimum atomic E-state index is 0.147. The van der Waals surface area contributed by atoms with Crippen molar-refractivity contribution < 1.29 is 0 Å². The van der Waals surface area contributed by atoms with E-state index in [2.05, 4.69) is 62.0 Å². The quantitative estimate of drug-likeness (QED) is 0.914. The molecule has 2 unspecified atom stereocenters. The lowest BCUT2D eigenvalue weighted by Gasteiger charge is -2.49. The number of aryl methyl sites for hydroxylation is 1. The summed E-state index contributed by atoms with van der Waals surface area (Å²) in [7, 11) is 4.45. The summed E-state index contributed by atoms with van der Waals surface area (Å²) in [5.41, 5.74) is 9.10. The van der Waals surface area contributed by atoms with Crippen LogP contribution >= 0.6 is 0 Å². The summed E-state index contributed by atoms with van der Waals surface area (Å²) in [5.74, 6) is 0. The van der Waals surface area contributed by atoms with E-state index in [0.717, 1.165) is 32.5 Å². The average molecular weight is 275 g/mol. The molecule has 0 bridgehead atoms. The Kier molecular flexibility index (Phi) is 4.84. The van der Waals surface area contributed by atoms with Crippen molar-refractivity contribution in [3.63, 3.8) is 0 Å². The van der Waals surface area contributed by atoms with E-state index in [1.807, 2.05) is 0 Å². The largest absolute Gasteiger partial charge is 0.329 e. The Morgan fingerprint density at radius 2 is 2.10 bits per heavy atom. The zero-order chi connectivity index (χ0) is 14.8. The number of nitrogens with zero attached hydrogens (tertiary/aromatic N) is 2. The number of piperidine rings is 1. The second-order valence-corrected chi connectivity index (χ2v) is 6.49. The Balaban J connectivity index is 2.13. The zero-order valence-corrected chi connectivity index (χ0v) is 13.4. The van der Waals surface area contributed by atoms with Crippen LogP contribution in [0.4, 0.5) is 0 Å². The fourth-order valence-electron chi connectivity index (χ4n) is 3.31. The van der Waals surface area contributed by atoms with E-state index in [9.17, 15) is 0 Å². The standard InChI is InChI=1S/C17H29N3/c1-14-7-5-6-8-16(14)12-20(4)17(13-18)9-10-19(3)15(2)11-17/h5-8,15H,9-13,18H2,1-4H3. The molecule has 3 heteroatoms. The van der Waals surface area contributed by atoms with E-state index in [4.69, 9.17) is 5.73 Å². The smallest absolute Gasteiger partial charge is 0.0359 e. The second-order valence-electron chi connectivity index (χ2n) is 6.49. The van der Waals surface area contributed by atoms with Crippen LogP contribution in [0, 0.1) is 6.92 Å². The summed E-state index contributed by atoms with van der Waals surface area (Å²) in [4.78, 5) is 4.92. The third kappa shape index (κ3) is 3.05. The van der Waals surface area contributed by atoms with E-state index in [1.165, 1.54) is 11.1 Å². The first kappa shape index (κ1) is 15.5. The molecule has 0 amide bonds. The monoisotopic (exact) mass is 275 g/mol. The summed E-state index contributed by atoms with van der Waals surface area (Å²) in [6, 6.07) is 9.26. The molecule has 2 N–H and O–H groups in total. The van der Waals surface area contributed by atoms with Crippen molar-refractivity contribution in [3.8, 4) is 0 Å². The van der Waals surface area contributed by atoms with Crippen molar-refractivity contribution in [2.24, 2.45) is 5.73 Å². The number of rotatable bonds is 4. The average Bonchev–Trinajstić information content (AvgIpc) is 2.44. The Labute approximate surface area is 123 Å². The van der Waals surface area contributed by atoms with E-state index in [0.29, 0.717) is 6.04 Å². The number of hydrogen-bond acceptors (Lipinski definition) is 3. The molecule has 0 aliphatic carbocycles.